The van der Waals surface area contributed by atoms with Gasteiger partial charge in [0.05, 0.1) is 26.4 Å². The molecule has 0 radical (unpaired) electrons. The monoisotopic (exact) mass is 642 g/mol. The first-order valence-corrected chi connectivity index (χ1v) is 16.4. The van der Waals surface area contributed by atoms with E-state index in [1.54, 1.807) is 32.5 Å². The summed E-state index contributed by atoms with van der Waals surface area (Å²) < 4.78 is 37.9. The molecule has 0 unspecified atom stereocenters. The highest BCUT2D eigenvalue weighted by molar-refractivity contribution is 7.99. The first-order chi connectivity index (χ1) is 22.3. The first kappa shape index (κ1) is 33.7. The van der Waals surface area contributed by atoms with Gasteiger partial charge in [-0.2, -0.15) is 0 Å². The summed E-state index contributed by atoms with van der Waals surface area (Å²) in [7, 11) is 0. The van der Waals surface area contributed by atoms with Gasteiger partial charge in [-0.25, -0.2) is 4.79 Å². The van der Waals surface area contributed by atoms with Crippen LogP contribution in [0, 0.1) is 0 Å². The topological polar surface area (TPSA) is 72.5 Å². The van der Waals surface area contributed by atoms with Gasteiger partial charge in [0.2, 0.25) is 0 Å². The fourth-order valence-corrected chi connectivity index (χ4v) is 6.18. The van der Waals surface area contributed by atoms with E-state index in [1.165, 1.54) is 0 Å². The molecule has 5 atom stereocenters. The lowest BCUT2D eigenvalue weighted by molar-refractivity contribution is -0.244. The van der Waals surface area contributed by atoms with Crippen LogP contribution in [0.1, 0.15) is 37.5 Å². The number of thioether (sulfide) groups is 1. The van der Waals surface area contributed by atoms with E-state index in [2.05, 4.69) is 0 Å². The van der Waals surface area contributed by atoms with Crippen molar-refractivity contribution in [2.45, 2.75) is 80.9 Å². The molecule has 0 aromatic heterocycles. The van der Waals surface area contributed by atoms with E-state index < -0.39 is 41.6 Å². The molecule has 0 spiro atoms. The summed E-state index contributed by atoms with van der Waals surface area (Å²) in [5, 5.41) is 0. The molecule has 1 saturated heterocycles. The summed E-state index contributed by atoms with van der Waals surface area (Å²) in [6.07, 6.45) is -3.69. The van der Waals surface area contributed by atoms with E-state index in [1.807, 2.05) is 121 Å². The van der Waals surface area contributed by atoms with Gasteiger partial charge in [-0.1, -0.05) is 121 Å². The van der Waals surface area contributed by atoms with Gasteiger partial charge >= 0.3 is 6.16 Å². The second kappa shape index (κ2) is 16.8. The van der Waals surface area contributed by atoms with E-state index in [0.29, 0.717) is 13.2 Å². The van der Waals surface area contributed by atoms with Gasteiger partial charge in [0, 0.05) is 4.90 Å². The summed E-state index contributed by atoms with van der Waals surface area (Å²) in [4.78, 5) is 14.2. The molecule has 7 nitrogen and oxygen atoms in total. The highest BCUT2D eigenvalue weighted by Crippen LogP contribution is 2.38. The summed E-state index contributed by atoms with van der Waals surface area (Å²) in [6.45, 7) is 6.53. The second-order valence-corrected chi connectivity index (χ2v) is 13.2. The molecule has 8 heteroatoms. The van der Waals surface area contributed by atoms with Crippen molar-refractivity contribution in [3.63, 3.8) is 0 Å². The minimum absolute atomic E-state index is 0.158. The maximum absolute atomic E-state index is 13.2. The van der Waals surface area contributed by atoms with Crippen LogP contribution in [0.15, 0.2) is 126 Å². The molecule has 1 aliphatic rings. The van der Waals surface area contributed by atoms with Gasteiger partial charge in [-0.15, -0.1) is 0 Å². The Balaban J connectivity index is 1.47. The van der Waals surface area contributed by atoms with E-state index in [9.17, 15) is 4.79 Å². The highest BCUT2D eigenvalue weighted by atomic mass is 32.2. The molecule has 4 aromatic carbocycles. The molecule has 0 amide bonds. The van der Waals surface area contributed by atoms with Crippen LogP contribution in [0.4, 0.5) is 4.79 Å². The number of carbonyl (C=O) groups excluding carboxylic acids is 1. The standard InChI is InChI=1S/C38H42O7S/c1-38(2,3)45-37(39)44-33-32(27-40-24-28-16-8-4-9-17-28)43-36(46-31-22-14-7-15-23-31)35(42-26-30-20-12-6-13-21-30)34(33)41-25-29-18-10-5-11-19-29/h4-23,32-36H,24-27H2,1-3H3/t32-,33-,34+,35+,36-/m1/s1. The quantitative estimate of drug-likeness (QED) is 0.135. The first-order valence-electron chi connectivity index (χ1n) is 15.5. The van der Waals surface area contributed by atoms with Gasteiger partial charge in [0.25, 0.3) is 0 Å². The number of hydrogen-bond donors (Lipinski definition) is 0. The van der Waals surface area contributed by atoms with Gasteiger partial charge in [0.15, 0.2) is 6.10 Å². The summed E-state index contributed by atoms with van der Waals surface area (Å²) >= 11 is 1.54. The molecule has 0 N–H and O–H groups in total. The molecule has 1 aliphatic heterocycles. The average Bonchev–Trinajstić information content (AvgIpc) is 3.05. The van der Waals surface area contributed by atoms with E-state index in [4.69, 9.17) is 28.4 Å². The van der Waals surface area contributed by atoms with Crippen LogP contribution in [-0.4, -0.2) is 48.2 Å². The van der Waals surface area contributed by atoms with Crippen molar-refractivity contribution < 1.29 is 33.2 Å². The Morgan fingerprint density at radius 3 is 1.65 bits per heavy atom. The third-order valence-corrected chi connectivity index (χ3v) is 8.33. The molecule has 0 saturated carbocycles. The Morgan fingerprint density at radius 1 is 0.652 bits per heavy atom. The normalized spacial score (nSPS) is 21.4. The molecule has 4 aromatic rings. The smallest absolute Gasteiger partial charge is 0.429 e. The van der Waals surface area contributed by atoms with Gasteiger partial charge in [-0.3, -0.25) is 0 Å². The number of hydrogen-bond acceptors (Lipinski definition) is 8. The van der Waals surface area contributed by atoms with E-state index in [-0.39, 0.29) is 13.2 Å². The zero-order valence-corrected chi connectivity index (χ0v) is 27.3. The lowest BCUT2D eigenvalue weighted by Gasteiger charge is -2.45. The number of carbonyl (C=O) groups is 1. The maximum atomic E-state index is 13.2. The molecular weight excluding hydrogens is 600 g/mol. The Morgan fingerprint density at radius 2 is 1.13 bits per heavy atom. The van der Waals surface area contributed by atoms with Crippen molar-refractivity contribution in [1.82, 2.24) is 0 Å². The van der Waals surface area contributed by atoms with Crippen molar-refractivity contribution in [2.75, 3.05) is 6.61 Å². The molecule has 5 rings (SSSR count). The van der Waals surface area contributed by atoms with Gasteiger partial charge in [0.1, 0.15) is 29.3 Å². The van der Waals surface area contributed by atoms with E-state index >= 15 is 0 Å². The van der Waals surface area contributed by atoms with Crippen molar-refractivity contribution in [2.24, 2.45) is 0 Å². The van der Waals surface area contributed by atoms with Crippen LogP contribution in [-0.2, 0) is 48.2 Å². The molecule has 242 valence electrons. The number of rotatable bonds is 13. The minimum atomic E-state index is -0.886. The third kappa shape index (κ3) is 10.4. The molecule has 0 aliphatic carbocycles. The Labute approximate surface area is 276 Å². The Hall–Kier alpha value is -3.66. The Bertz CT molecular complexity index is 1450. The van der Waals surface area contributed by atoms with Crippen molar-refractivity contribution in [1.29, 1.82) is 0 Å². The predicted molar refractivity (Wildman–Crippen MR) is 178 cm³/mol. The van der Waals surface area contributed by atoms with Crippen LogP contribution in [0.25, 0.3) is 0 Å². The average molecular weight is 643 g/mol. The van der Waals surface area contributed by atoms with Crippen LogP contribution in [0.3, 0.4) is 0 Å². The van der Waals surface area contributed by atoms with Crippen LogP contribution in [0.5, 0.6) is 0 Å². The molecule has 1 fully saturated rings. The lowest BCUT2D eigenvalue weighted by Crippen LogP contribution is -2.61. The zero-order chi connectivity index (χ0) is 32.2. The summed E-state index contributed by atoms with van der Waals surface area (Å²) in [6, 6.07) is 39.8. The Kier molecular flexibility index (Phi) is 12.3. The predicted octanol–water partition coefficient (Wildman–Crippen LogP) is 8.21. The summed E-state index contributed by atoms with van der Waals surface area (Å²) in [5.41, 5.74) is 1.76. The van der Waals surface area contributed by atoms with Crippen molar-refractivity contribution in [3.8, 4) is 0 Å². The number of ether oxygens (including phenoxy) is 6. The molecular formula is C38H42O7S. The minimum Gasteiger partial charge on any atom is -0.429 e. The van der Waals surface area contributed by atoms with Gasteiger partial charge < -0.3 is 28.4 Å². The highest BCUT2D eigenvalue weighted by Gasteiger charge is 2.50. The maximum Gasteiger partial charge on any atom is 0.509 e. The molecule has 46 heavy (non-hydrogen) atoms. The van der Waals surface area contributed by atoms with Crippen molar-refractivity contribution >= 4 is 17.9 Å². The van der Waals surface area contributed by atoms with Gasteiger partial charge in [-0.05, 0) is 49.6 Å². The molecule has 0 bridgehead atoms. The zero-order valence-electron chi connectivity index (χ0n) is 26.5. The van der Waals surface area contributed by atoms with Crippen LogP contribution >= 0.6 is 11.8 Å². The fraction of sp³-hybridized carbons (Fsp3) is 0.342. The lowest BCUT2D eigenvalue weighted by atomic mass is 9.99. The fourth-order valence-electron chi connectivity index (χ4n) is 5.03. The SMILES string of the molecule is CC(C)(C)OC(=O)O[C@H]1[C@H](OCc2ccccc2)[C@H](OCc2ccccc2)[C@@H](Sc2ccccc2)O[C@@H]1COCc1ccccc1. The largest absolute Gasteiger partial charge is 0.509 e. The molecule has 1 heterocycles. The van der Waals surface area contributed by atoms with Crippen LogP contribution in [0.2, 0.25) is 0 Å². The van der Waals surface area contributed by atoms with Crippen molar-refractivity contribution in [3.05, 3.63) is 138 Å². The number of benzene rings is 4. The third-order valence-electron chi connectivity index (χ3n) is 7.17. The van der Waals surface area contributed by atoms with E-state index in [0.717, 1.165) is 21.6 Å². The summed E-state index contributed by atoms with van der Waals surface area (Å²) in [5.74, 6) is 0. The second-order valence-electron chi connectivity index (χ2n) is 12.0. The van der Waals surface area contributed by atoms with Crippen LogP contribution < -0.4 is 0 Å².